The molecular formula is C25H34N6O4. The number of hydrogen-bond acceptors (Lipinski definition) is 8. The lowest BCUT2D eigenvalue weighted by Crippen LogP contribution is -2.43. The van der Waals surface area contributed by atoms with Crippen LogP contribution in [-0.4, -0.2) is 73.7 Å². The molecule has 0 radical (unpaired) electrons. The third-order valence-corrected chi connectivity index (χ3v) is 6.15. The van der Waals surface area contributed by atoms with Gasteiger partial charge in [-0.2, -0.15) is 4.98 Å². The van der Waals surface area contributed by atoms with Gasteiger partial charge in [0.15, 0.2) is 0 Å². The number of aromatic nitrogens is 1. The van der Waals surface area contributed by atoms with Crippen LogP contribution in [0.1, 0.15) is 46.9 Å². The van der Waals surface area contributed by atoms with Crippen molar-refractivity contribution in [1.29, 1.82) is 0 Å². The lowest BCUT2D eigenvalue weighted by molar-refractivity contribution is 0.0303. The van der Waals surface area contributed by atoms with Crippen molar-refractivity contribution in [2.45, 2.75) is 32.2 Å². The van der Waals surface area contributed by atoms with E-state index in [1.165, 1.54) is 0 Å². The number of hydrogen-bond donors (Lipinski definition) is 3. The second kappa shape index (κ2) is 11.4. The zero-order valence-corrected chi connectivity index (χ0v) is 20.2. The first-order chi connectivity index (χ1) is 17.0. The first kappa shape index (κ1) is 24.7. The van der Waals surface area contributed by atoms with Gasteiger partial charge in [-0.05, 0) is 43.5 Å². The van der Waals surface area contributed by atoms with Gasteiger partial charge < -0.3 is 36.1 Å². The molecule has 188 valence electrons. The van der Waals surface area contributed by atoms with Gasteiger partial charge in [0.2, 0.25) is 5.88 Å². The summed E-state index contributed by atoms with van der Waals surface area (Å²) in [6, 6.07) is 9.02. The van der Waals surface area contributed by atoms with Crippen molar-refractivity contribution in [2.24, 2.45) is 11.5 Å². The number of amides is 2. The molecule has 35 heavy (non-hydrogen) atoms. The fraction of sp³-hybridized carbons (Fsp3) is 0.480. The number of carbonyl (C=O) groups excluding carboxylic acids is 2. The fourth-order valence-corrected chi connectivity index (χ4v) is 4.33. The van der Waals surface area contributed by atoms with Gasteiger partial charge in [0.1, 0.15) is 11.4 Å². The number of nitrogens with zero attached hydrogens (tertiary/aromatic N) is 3. The minimum atomic E-state index is -0.632. The molecule has 0 bridgehead atoms. The lowest BCUT2D eigenvalue weighted by atomic mass is 10.1. The maximum absolute atomic E-state index is 12.8. The molecule has 1 aromatic carbocycles. The van der Waals surface area contributed by atoms with Crippen molar-refractivity contribution in [3.8, 4) is 5.88 Å². The standard InChI is InChI=1S/C25H34N6O4/c1-2-12-35-24-22(23(27)32)20(15-21(29-24)31-9-3-4-18(26)16-31)28-19-7-5-17(6-8-19)25(33)30-10-13-34-14-11-30/h5-8,15,18H,2-4,9-14,16,26H2,1H3,(H2,27,32)(H,28,29)/t18-/m1/s1. The van der Waals surface area contributed by atoms with E-state index < -0.39 is 5.91 Å². The minimum Gasteiger partial charge on any atom is -0.477 e. The molecule has 3 heterocycles. The number of ether oxygens (including phenoxy) is 2. The zero-order valence-electron chi connectivity index (χ0n) is 20.2. The van der Waals surface area contributed by atoms with Crippen LogP contribution in [0.2, 0.25) is 0 Å². The van der Waals surface area contributed by atoms with Crippen molar-refractivity contribution in [2.75, 3.05) is 56.2 Å². The molecule has 2 aliphatic heterocycles. The van der Waals surface area contributed by atoms with Crippen molar-refractivity contribution in [1.82, 2.24) is 9.88 Å². The Morgan fingerprint density at radius 1 is 1.20 bits per heavy atom. The second-order valence-corrected chi connectivity index (χ2v) is 8.88. The molecule has 2 saturated heterocycles. The van der Waals surface area contributed by atoms with Crippen LogP contribution in [0.25, 0.3) is 0 Å². The second-order valence-electron chi connectivity index (χ2n) is 8.88. The minimum absolute atomic E-state index is 0.0273. The molecule has 4 rings (SSSR count). The van der Waals surface area contributed by atoms with Crippen LogP contribution in [0.15, 0.2) is 30.3 Å². The molecule has 10 nitrogen and oxygen atoms in total. The van der Waals surface area contributed by atoms with E-state index in [4.69, 9.17) is 20.9 Å². The molecule has 0 saturated carbocycles. The number of piperidine rings is 1. The van der Waals surface area contributed by atoms with E-state index in [2.05, 4.69) is 15.2 Å². The van der Waals surface area contributed by atoms with Crippen LogP contribution < -0.4 is 26.4 Å². The molecule has 2 amide bonds. The van der Waals surface area contributed by atoms with Gasteiger partial charge in [0, 0.05) is 49.5 Å². The molecule has 10 heteroatoms. The summed E-state index contributed by atoms with van der Waals surface area (Å²) in [6.07, 6.45) is 2.70. The van der Waals surface area contributed by atoms with Crippen LogP contribution >= 0.6 is 0 Å². The molecule has 1 aromatic heterocycles. The number of anilines is 3. The van der Waals surface area contributed by atoms with Crippen LogP contribution in [0.5, 0.6) is 5.88 Å². The van der Waals surface area contributed by atoms with E-state index in [0.29, 0.717) is 62.2 Å². The Balaban J connectivity index is 1.62. The van der Waals surface area contributed by atoms with E-state index in [-0.39, 0.29) is 23.4 Å². The van der Waals surface area contributed by atoms with Crippen molar-refractivity contribution >= 4 is 29.0 Å². The highest BCUT2D eigenvalue weighted by Crippen LogP contribution is 2.33. The van der Waals surface area contributed by atoms with Crippen LogP contribution in [0.4, 0.5) is 17.2 Å². The maximum atomic E-state index is 12.8. The lowest BCUT2D eigenvalue weighted by Gasteiger charge is -2.32. The summed E-state index contributed by atoms with van der Waals surface area (Å²) in [5.41, 5.74) is 13.9. The quantitative estimate of drug-likeness (QED) is 0.520. The number of nitrogens with one attached hydrogen (secondary N) is 1. The smallest absolute Gasteiger partial charge is 0.256 e. The van der Waals surface area contributed by atoms with Crippen LogP contribution in [0.3, 0.4) is 0 Å². The highest BCUT2D eigenvalue weighted by Gasteiger charge is 2.24. The van der Waals surface area contributed by atoms with Crippen molar-refractivity contribution < 1.29 is 19.1 Å². The zero-order chi connectivity index (χ0) is 24.8. The first-order valence-electron chi connectivity index (χ1n) is 12.2. The van der Waals surface area contributed by atoms with Gasteiger partial charge in [-0.25, -0.2) is 0 Å². The van der Waals surface area contributed by atoms with Gasteiger partial charge >= 0.3 is 0 Å². The largest absolute Gasteiger partial charge is 0.477 e. The molecule has 2 aromatic rings. The third kappa shape index (κ3) is 6.01. The molecule has 2 aliphatic rings. The van der Waals surface area contributed by atoms with Gasteiger partial charge in [0.25, 0.3) is 11.8 Å². The average Bonchev–Trinajstić information content (AvgIpc) is 2.87. The van der Waals surface area contributed by atoms with Gasteiger partial charge in [0.05, 0.1) is 25.5 Å². The summed E-state index contributed by atoms with van der Waals surface area (Å²) in [7, 11) is 0. The van der Waals surface area contributed by atoms with Crippen molar-refractivity contribution in [3.63, 3.8) is 0 Å². The fourth-order valence-electron chi connectivity index (χ4n) is 4.33. The summed E-state index contributed by atoms with van der Waals surface area (Å²) < 4.78 is 11.2. The Hall–Kier alpha value is -3.37. The molecule has 0 spiro atoms. The number of benzene rings is 1. The molecule has 0 aliphatic carbocycles. The van der Waals surface area contributed by atoms with E-state index in [0.717, 1.165) is 25.8 Å². The Bertz CT molecular complexity index is 1040. The molecule has 0 unspecified atom stereocenters. The highest BCUT2D eigenvalue weighted by atomic mass is 16.5. The predicted molar refractivity (Wildman–Crippen MR) is 134 cm³/mol. The number of morpholine rings is 1. The van der Waals surface area contributed by atoms with Crippen LogP contribution in [-0.2, 0) is 4.74 Å². The molecule has 1 atom stereocenters. The van der Waals surface area contributed by atoms with E-state index in [9.17, 15) is 9.59 Å². The number of primary amides is 1. The van der Waals surface area contributed by atoms with Gasteiger partial charge in [-0.1, -0.05) is 6.92 Å². The predicted octanol–water partition coefficient (Wildman–Crippen LogP) is 2.11. The van der Waals surface area contributed by atoms with E-state index in [1.807, 2.05) is 25.1 Å². The number of pyridine rings is 1. The molecule has 2 fully saturated rings. The summed E-state index contributed by atoms with van der Waals surface area (Å²) in [4.78, 5) is 33.7. The summed E-state index contributed by atoms with van der Waals surface area (Å²) >= 11 is 0. The van der Waals surface area contributed by atoms with Crippen LogP contribution in [0, 0.1) is 0 Å². The monoisotopic (exact) mass is 482 g/mol. The molecular weight excluding hydrogens is 448 g/mol. The topological polar surface area (TPSA) is 136 Å². The first-order valence-corrected chi connectivity index (χ1v) is 12.2. The van der Waals surface area contributed by atoms with Crippen molar-refractivity contribution in [3.05, 3.63) is 41.5 Å². The van der Waals surface area contributed by atoms with Gasteiger partial charge in [-0.3, -0.25) is 9.59 Å². The average molecular weight is 483 g/mol. The summed E-state index contributed by atoms with van der Waals surface area (Å²) in [5.74, 6) is 0.225. The van der Waals surface area contributed by atoms with Gasteiger partial charge in [-0.15, -0.1) is 0 Å². The summed E-state index contributed by atoms with van der Waals surface area (Å²) in [6.45, 7) is 6.16. The highest BCUT2D eigenvalue weighted by molar-refractivity contribution is 6.02. The van der Waals surface area contributed by atoms with E-state index in [1.54, 1.807) is 17.0 Å². The van der Waals surface area contributed by atoms with E-state index >= 15 is 0 Å². The Morgan fingerprint density at radius 3 is 2.60 bits per heavy atom. The normalized spacial score (nSPS) is 18.3. The number of nitrogens with two attached hydrogens (primary N) is 2. The Kier molecular flexibility index (Phi) is 8.04. The Labute approximate surface area is 205 Å². The Morgan fingerprint density at radius 2 is 1.94 bits per heavy atom. The SMILES string of the molecule is CCCOc1nc(N2CCC[C@@H](N)C2)cc(Nc2ccc(C(=O)N3CCOCC3)cc2)c1C(N)=O. The molecule has 5 N–H and O–H groups in total. The maximum Gasteiger partial charge on any atom is 0.256 e. The number of rotatable bonds is 8. The number of carbonyl (C=O) groups is 2. The third-order valence-electron chi connectivity index (χ3n) is 6.15. The summed E-state index contributed by atoms with van der Waals surface area (Å²) in [5, 5.41) is 3.28.